The van der Waals surface area contributed by atoms with E-state index in [1.165, 1.54) is 32.4 Å². The van der Waals surface area contributed by atoms with Gasteiger partial charge >= 0.3 is 0 Å². The predicted molar refractivity (Wildman–Crippen MR) is 125 cm³/mol. The van der Waals surface area contributed by atoms with E-state index in [0.29, 0.717) is 45.9 Å². The van der Waals surface area contributed by atoms with Gasteiger partial charge in [-0.05, 0) is 50.6 Å². The first-order chi connectivity index (χ1) is 16.2. The number of ether oxygens (including phenoxy) is 1. The van der Waals surface area contributed by atoms with E-state index in [1.54, 1.807) is 26.8 Å². The lowest BCUT2D eigenvalue weighted by molar-refractivity contribution is -0.181. The highest BCUT2D eigenvalue weighted by molar-refractivity contribution is 6.34. The summed E-state index contributed by atoms with van der Waals surface area (Å²) in [5.74, 6) is -1.44. The summed E-state index contributed by atoms with van der Waals surface area (Å²) in [6, 6.07) is 4.10. The lowest BCUT2D eigenvalue weighted by atomic mass is 10.0. The van der Waals surface area contributed by atoms with Crippen molar-refractivity contribution in [1.29, 1.82) is 0 Å². The molecule has 0 aliphatic carbocycles. The fraction of sp³-hybridized carbons (Fsp3) is 0.375. The van der Waals surface area contributed by atoms with Crippen LogP contribution in [0.4, 0.5) is 10.1 Å². The highest BCUT2D eigenvalue weighted by atomic mass is 19.1. The number of fused-ring (bicyclic) bond motifs is 1. The molecule has 0 saturated heterocycles. The molecule has 3 N–H and O–H groups in total. The number of anilines is 1. The molecule has 0 saturated carbocycles. The molecular weight excluding hydrogens is 443 g/mol. The van der Waals surface area contributed by atoms with E-state index in [1.807, 2.05) is 0 Å². The maximum atomic E-state index is 13.7. The van der Waals surface area contributed by atoms with Gasteiger partial charge < -0.3 is 20.4 Å². The topological polar surface area (TPSA) is 113 Å². The molecule has 10 heteroatoms. The minimum absolute atomic E-state index is 0.211. The minimum atomic E-state index is -0.745. The number of halogens is 1. The number of aromatic nitrogens is 1. The van der Waals surface area contributed by atoms with Crippen molar-refractivity contribution in [2.75, 3.05) is 32.6 Å². The van der Waals surface area contributed by atoms with Crippen molar-refractivity contribution in [3.63, 3.8) is 0 Å². The Hall–Kier alpha value is -3.50. The van der Waals surface area contributed by atoms with Gasteiger partial charge in [0.05, 0.1) is 18.2 Å². The number of nitrogens with one attached hydrogen (secondary N) is 3. The van der Waals surface area contributed by atoms with Gasteiger partial charge in [0, 0.05) is 49.3 Å². The van der Waals surface area contributed by atoms with E-state index in [9.17, 15) is 18.8 Å². The smallest absolute Gasteiger partial charge is 0.274 e. The van der Waals surface area contributed by atoms with Crippen molar-refractivity contribution in [3.8, 4) is 0 Å². The zero-order valence-electron chi connectivity index (χ0n) is 19.9. The standard InChI is InChI=1S/C24H29FN4O5/c1-6-34-20(24(32)29(4)33-5)9-10-26-23(31)21-13(2)19(27-14(21)3)12-17-16-11-15(25)7-8-18(16)28-22(17)30/h7-8,11-12,20,27H,6,9-10H2,1-5H3,(H,26,31)(H,28,30)/b17-12-. The number of amides is 3. The summed E-state index contributed by atoms with van der Waals surface area (Å²) in [7, 11) is 2.88. The molecule has 0 bridgehead atoms. The molecule has 1 aromatic carbocycles. The van der Waals surface area contributed by atoms with Crippen LogP contribution in [0.1, 0.15) is 46.2 Å². The SMILES string of the molecule is CCOC(CCNC(=O)c1c(C)[nH]c(/C=C2\C(=O)Nc3ccc(F)cc32)c1C)C(=O)N(C)OC. The Kier molecular flexibility index (Phi) is 7.85. The normalized spacial score (nSPS) is 14.6. The summed E-state index contributed by atoms with van der Waals surface area (Å²) in [6.07, 6.45) is 1.14. The van der Waals surface area contributed by atoms with Crippen LogP contribution in [0.3, 0.4) is 0 Å². The van der Waals surface area contributed by atoms with E-state index in [2.05, 4.69) is 15.6 Å². The van der Waals surface area contributed by atoms with Crippen LogP contribution in [0.2, 0.25) is 0 Å². The van der Waals surface area contributed by atoms with Crippen molar-refractivity contribution in [1.82, 2.24) is 15.4 Å². The highest BCUT2D eigenvalue weighted by Gasteiger charge is 2.27. The molecule has 3 amide bonds. The number of nitrogens with zero attached hydrogens (tertiary/aromatic N) is 1. The zero-order chi connectivity index (χ0) is 25.0. The average Bonchev–Trinajstić information content (AvgIpc) is 3.26. The molecule has 1 unspecified atom stereocenters. The molecule has 0 fully saturated rings. The van der Waals surface area contributed by atoms with Gasteiger partial charge in [-0.15, -0.1) is 0 Å². The highest BCUT2D eigenvalue weighted by Crippen LogP contribution is 2.34. The zero-order valence-corrected chi connectivity index (χ0v) is 19.9. The van der Waals surface area contributed by atoms with Crippen molar-refractivity contribution >= 4 is 35.1 Å². The van der Waals surface area contributed by atoms with Gasteiger partial charge in [0.25, 0.3) is 17.7 Å². The number of rotatable bonds is 9. The van der Waals surface area contributed by atoms with Crippen LogP contribution in [0, 0.1) is 19.7 Å². The van der Waals surface area contributed by atoms with Crippen LogP contribution >= 0.6 is 0 Å². The van der Waals surface area contributed by atoms with E-state index < -0.39 is 11.9 Å². The van der Waals surface area contributed by atoms with Gasteiger partial charge in [-0.1, -0.05) is 0 Å². The Bertz CT molecular complexity index is 1140. The number of carbonyl (C=O) groups excluding carboxylic acids is 3. The van der Waals surface area contributed by atoms with E-state index in [0.717, 1.165) is 5.06 Å². The molecule has 0 radical (unpaired) electrons. The van der Waals surface area contributed by atoms with Crippen LogP contribution < -0.4 is 10.6 Å². The van der Waals surface area contributed by atoms with Crippen molar-refractivity contribution in [2.45, 2.75) is 33.3 Å². The predicted octanol–water partition coefficient (Wildman–Crippen LogP) is 2.81. The molecule has 1 aromatic heterocycles. The molecule has 2 heterocycles. The van der Waals surface area contributed by atoms with E-state index in [-0.39, 0.29) is 30.7 Å². The maximum absolute atomic E-state index is 13.7. The van der Waals surface area contributed by atoms with Gasteiger partial charge in [0.1, 0.15) is 11.9 Å². The fourth-order valence-corrected chi connectivity index (χ4v) is 3.88. The summed E-state index contributed by atoms with van der Waals surface area (Å²) in [4.78, 5) is 45.7. The number of hydroxylamine groups is 2. The number of benzene rings is 1. The van der Waals surface area contributed by atoms with Gasteiger partial charge in [-0.3, -0.25) is 19.2 Å². The summed E-state index contributed by atoms with van der Waals surface area (Å²) < 4.78 is 19.2. The molecule has 3 rings (SSSR count). The summed E-state index contributed by atoms with van der Waals surface area (Å²) in [5, 5.41) is 6.62. The minimum Gasteiger partial charge on any atom is -0.369 e. The Morgan fingerprint density at radius 1 is 1.29 bits per heavy atom. The van der Waals surface area contributed by atoms with E-state index >= 15 is 0 Å². The molecule has 2 aromatic rings. The van der Waals surface area contributed by atoms with Gasteiger partial charge in [-0.25, -0.2) is 9.45 Å². The number of carbonyl (C=O) groups is 3. The Morgan fingerprint density at radius 3 is 2.71 bits per heavy atom. The third kappa shape index (κ3) is 5.18. The molecule has 9 nitrogen and oxygen atoms in total. The number of hydrogen-bond donors (Lipinski definition) is 3. The number of H-pyrrole nitrogens is 1. The molecular formula is C24H29FN4O5. The molecule has 34 heavy (non-hydrogen) atoms. The second-order valence-electron chi connectivity index (χ2n) is 7.87. The monoisotopic (exact) mass is 472 g/mol. The third-order valence-corrected chi connectivity index (χ3v) is 5.68. The second kappa shape index (κ2) is 10.6. The molecule has 1 aliphatic heterocycles. The quantitative estimate of drug-likeness (QED) is 0.384. The van der Waals surface area contributed by atoms with Crippen molar-refractivity contribution < 1.29 is 28.3 Å². The first-order valence-electron chi connectivity index (χ1n) is 10.9. The maximum Gasteiger partial charge on any atom is 0.274 e. The van der Waals surface area contributed by atoms with Gasteiger partial charge in [0.2, 0.25) is 0 Å². The largest absolute Gasteiger partial charge is 0.369 e. The lowest BCUT2D eigenvalue weighted by Gasteiger charge is -2.21. The summed E-state index contributed by atoms with van der Waals surface area (Å²) in [6.45, 7) is 5.86. The van der Waals surface area contributed by atoms with Crippen LogP contribution in [-0.2, 0) is 19.2 Å². The summed E-state index contributed by atoms with van der Waals surface area (Å²) >= 11 is 0. The number of aryl methyl sites for hydroxylation is 1. The Labute approximate surface area is 197 Å². The van der Waals surface area contributed by atoms with Gasteiger partial charge in [-0.2, -0.15) is 0 Å². The lowest BCUT2D eigenvalue weighted by Crippen LogP contribution is -2.39. The average molecular weight is 473 g/mol. The first-order valence-corrected chi connectivity index (χ1v) is 10.9. The molecule has 182 valence electrons. The second-order valence-corrected chi connectivity index (χ2v) is 7.87. The molecule has 1 atom stereocenters. The number of hydrogen-bond acceptors (Lipinski definition) is 5. The van der Waals surface area contributed by atoms with Gasteiger partial charge in [0.15, 0.2) is 0 Å². The summed E-state index contributed by atoms with van der Waals surface area (Å²) in [5.41, 5.74) is 3.61. The van der Waals surface area contributed by atoms with Crippen LogP contribution in [0.15, 0.2) is 18.2 Å². The number of aromatic amines is 1. The van der Waals surface area contributed by atoms with Crippen LogP contribution in [0.5, 0.6) is 0 Å². The Balaban J connectivity index is 1.75. The number of likely N-dealkylation sites (N-methyl/N-ethyl adjacent to an activating group) is 1. The Morgan fingerprint density at radius 2 is 2.03 bits per heavy atom. The third-order valence-electron chi connectivity index (χ3n) is 5.68. The van der Waals surface area contributed by atoms with E-state index in [4.69, 9.17) is 9.57 Å². The van der Waals surface area contributed by atoms with Crippen LogP contribution in [0.25, 0.3) is 11.6 Å². The van der Waals surface area contributed by atoms with Crippen LogP contribution in [-0.4, -0.2) is 61.2 Å². The fourth-order valence-electron chi connectivity index (χ4n) is 3.88. The van der Waals surface area contributed by atoms with Crippen molar-refractivity contribution in [3.05, 3.63) is 52.1 Å². The molecule has 0 spiro atoms. The van der Waals surface area contributed by atoms with Crippen molar-refractivity contribution in [2.24, 2.45) is 0 Å². The molecule has 1 aliphatic rings. The first kappa shape index (κ1) is 25.1.